The number of hydrogen-bond acceptors (Lipinski definition) is 11. The predicted octanol–water partition coefficient (Wildman–Crippen LogP) is 3.50. The van der Waals surface area contributed by atoms with Crippen LogP contribution < -0.4 is 21.3 Å². The Labute approximate surface area is 285 Å². The van der Waals surface area contributed by atoms with Crippen LogP contribution >= 0.6 is 0 Å². The Morgan fingerprint density at radius 2 is 0.833 bits per heavy atom. The summed E-state index contributed by atoms with van der Waals surface area (Å²) in [4.78, 5) is 59.6. The zero-order valence-corrected chi connectivity index (χ0v) is 30.3. The van der Waals surface area contributed by atoms with Crippen LogP contribution in [0.3, 0.4) is 0 Å². The molecule has 0 aromatic rings. The van der Waals surface area contributed by atoms with E-state index in [9.17, 15) is 24.0 Å². The molecule has 5 N–H and O–H groups in total. The first-order chi connectivity index (χ1) is 22.1. The van der Waals surface area contributed by atoms with Gasteiger partial charge in [0.25, 0.3) is 0 Å². The standard InChI is InChI=1S/C32H60N4O12/c1-29(2,3)46-26(40)33-15-10-18-43-21-32(36-24(37)13-14-25(38)39,22-44-19-11-16-34-27(41)47-30(4,5)6)23-45-20-12-17-35-28(42)48-31(7,8)9/h10-23H2,1-9H3,(H,33,40)(H,34,41)(H,35,42)(H,36,37)(H,38,39). The molecule has 0 radical (unpaired) electrons. The lowest BCUT2D eigenvalue weighted by molar-refractivity contribution is -0.139. The summed E-state index contributed by atoms with van der Waals surface area (Å²) in [6.07, 6.45) is -0.960. The van der Waals surface area contributed by atoms with E-state index in [1.165, 1.54) is 0 Å². The van der Waals surface area contributed by atoms with Crippen molar-refractivity contribution in [3.63, 3.8) is 0 Å². The summed E-state index contributed by atoms with van der Waals surface area (Å²) < 4.78 is 33.3. The molecule has 48 heavy (non-hydrogen) atoms. The Balaban J connectivity index is 5.33. The second-order valence-corrected chi connectivity index (χ2v) is 14.2. The number of hydrogen-bond donors (Lipinski definition) is 5. The molecule has 0 aromatic heterocycles. The molecule has 0 spiro atoms. The van der Waals surface area contributed by atoms with Gasteiger partial charge in [-0.2, -0.15) is 0 Å². The van der Waals surface area contributed by atoms with Crippen molar-refractivity contribution < 1.29 is 57.5 Å². The first-order valence-corrected chi connectivity index (χ1v) is 16.3. The van der Waals surface area contributed by atoms with Crippen molar-refractivity contribution in [1.29, 1.82) is 0 Å². The van der Waals surface area contributed by atoms with Gasteiger partial charge in [-0.1, -0.05) is 0 Å². The third kappa shape index (κ3) is 27.7. The minimum atomic E-state index is -1.20. The van der Waals surface area contributed by atoms with Crippen molar-refractivity contribution >= 4 is 30.2 Å². The summed E-state index contributed by atoms with van der Waals surface area (Å²) in [5.41, 5.74) is -3.09. The molecule has 0 aliphatic heterocycles. The first-order valence-electron chi connectivity index (χ1n) is 16.3. The Morgan fingerprint density at radius 1 is 0.521 bits per heavy atom. The molecule has 0 heterocycles. The molecular weight excluding hydrogens is 632 g/mol. The Morgan fingerprint density at radius 3 is 1.10 bits per heavy atom. The van der Waals surface area contributed by atoms with E-state index < -0.39 is 52.5 Å². The minimum Gasteiger partial charge on any atom is -0.481 e. The maximum Gasteiger partial charge on any atom is 0.407 e. The lowest BCUT2D eigenvalue weighted by Gasteiger charge is -2.34. The van der Waals surface area contributed by atoms with Gasteiger partial charge in [0.2, 0.25) is 5.91 Å². The molecule has 0 bridgehead atoms. The van der Waals surface area contributed by atoms with E-state index in [1.807, 2.05) is 0 Å². The second-order valence-electron chi connectivity index (χ2n) is 14.2. The zero-order chi connectivity index (χ0) is 36.9. The van der Waals surface area contributed by atoms with E-state index in [4.69, 9.17) is 33.5 Å². The van der Waals surface area contributed by atoms with Crippen LogP contribution in [0.2, 0.25) is 0 Å². The fourth-order valence-electron chi connectivity index (χ4n) is 3.65. The fourth-order valence-corrected chi connectivity index (χ4v) is 3.65. The molecule has 0 rings (SSSR count). The molecule has 0 saturated carbocycles. The van der Waals surface area contributed by atoms with E-state index in [-0.39, 0.29) is 72.1 Å². The molecule has 0 saturated heterocycles. The number of ether oxygens (including phenoxy) is 6. The van der Waals surface area contributed by atoms with Crippen LogP contribution in [0, 0.1) is 0 Å². The summed E-state index contributed by atoms with van der Waals surface area (Å²) in [6, 6.07) is 0. The molecule has 0 fully saturated rings. The van der Waals surface area contributed by atoms with E-state index in [0.717, 1.165) is 0 Å². The van der Waals surface area contributed by atoms with Gasteiger partial charge in [0, 0.05) is 45.9 Å². The molecule has 4 amide bonds. The zero-order valence-electron chi connectivity index (χ0n) is 30.3. The minimum absolute atomic E-state index is 0.0510. The number of alkyl carbamates (subject to hydrolysis) is 3. The number of amides is 4. The SMILES string of the molecule is CC(C)(C)OC(=O)NCCCOCC(COCCCNC(=O)OC(C)(C)C)(COCCCNC(=O)OC(C)(C)C)NC(=O)CCC(=O)O. The molecule has 0 atom stereocenters. The lowest BCUT2D eigenvalue weighted by atomic mass is 10.0. The van der Waals surface area contributed by atoms with Crippen LogP contribution in [0.25, 0.3) is 0 Å². The number of carboxylic acid groups (broad SMARTS) is 1. The van der Waals surface area contributed by atoms with Gasteiger partial charge in [0.15, 0.2) is 0 Å². The quantitative estimate of drug-likeness (QED) is 0.0816. The molecule has 16 nitrogen and oxygen atoms in total. The van der Waals surface area contributed by atoms with Crippen LogP contribution in [0.1, 0.15) is 94.4 Å². The topological polar surface area (TPSA) is 209 Å². The summed E-state index contributed by atoms with van der Waals surface area (Å²) >= 11 is 0. The number of aliphatic carboxylic acids is 1. The van der Waals surface area contributed by atoms with Gasteiger partial charge in [-0.25, -0.2) is 14.4 Å². The van der Waals surface area contributed by atoms with Gasteiger partial charge in [0.05, 0.1) is 26.2 Å². The number of rotatable bonds is 22. The maximum absolute atomic E-state index is 12.8. The van der Waals surface area contributed by atoms with Crippen LogP contribution in [0.4, 0.5) is 14.4 Å². The lowest BCUT2D eigenvalue weighted by Crippen LogP contribution is -2.58. The highest BCUT2D eigenvalue weighted by molar-refractivity contribution is 5.81. The molecular formula is C32H60N4O12. The third-order valence-electron chi connectivity index (χ3n) is 5.51. The molecule has 16 heteroatoms. The molecule has 0 aliphatic rings. The van der Waals surface area contributed by atoms with Gasteiger partial charge >= 0.3 is 24.2 Å². The van der Waals surface area contributed by atoms with Crippen LogP contribution in [0.5, 0.6) is 0 Å². The summed E-state index contributed by atoms with van der Waals surface area (Å²) in [5.74, 6) is -1.65. The second kappa shape index (κ2) is 22.3. The molecule has 280 valence electrons. The number of carbonyl (C=O) groups excluding carboxylic acids is 4. The van der Waals surface area contributed by atoms with Gasteiger partial charge < -0.3 is 54.8 Å². The summed E-state index contributed by atoms with van der Waals surface area (Å²) in [6.45, 7) is 17.2. The third-order valence-corrected chi connectivity index (χ3v) is 5.51. The van der Waals surface area contributed by atoms with E-state index >= 15 is 0 Å². The van der Waals surface area contributed by atoms with Crippen molar-refractivity contribution in [2.45, 2.75) is 117 Å². The van der Waals surface area contributed by atoms with E-state index in [1.54, 1.807) is 62.3 Å². The van der Waals surface area contributed by atoms with Crippen molar-refractivity contribution in [3.05, 3.63) is 0 Å². The predicted molar refractivity (Wildman–Crippen MR) is 177 cm³/mol. The number of carbonyl (C=O) groups is 5. The summed E-state index contributed by atoms with van der Waals surface area (Å²) in [7, 11) is 0. The Bertz CT molecular complexity index is 889. The van der Waals surface area contributed by atoms with Crippen LogP contribution in [-0.4, -0.2) is 117 Å². The Hall–Kier alpha value is -3.37. The van der Waals surface area contributed by atoms with Gasteiger partial charge in [-0.15, -0.1) is 0 Å². The van der Waals surface area contributed by atoms with Gasteiger partial charge in [0.1, 0.15) is 22.3 Å². The highest BCUT2D eigenvalue weighted by atomic mass is 16.6. The smallest absolute Gasteiger partial charge is 0.407 e. The van der Waals surface area contributed by atoms with Gasteiger partial charge in [-0.3, -0.25) is 9.59 Å². The average molecular weight is 693 g/mol. The molecule has 0 unspecified atom stereocenters. The van der Waals surface area contributed by atoms with Crippen LogP contribution in [0.15, 0.2) is 0 Å². The maximum atomic E-state index is 12.8. The average Bonchev–Trinajstić information content (AvgIpc) is 2.90. The first kappa shape index (κ1) is 44.6. The van der Waals surface area contributed by atoms with Crippen molar-refractivity contribution in [2.24, 2.45) is 0 Å². The summed E-state index contributed by atoms with van der Waals surface area (Å²) in [5, 5.41) is 19.9. The van der Waals surface area contributed by atoms with Crippen molar-refractivity contribution in [3.8, 4) is 0 Å². The Kier molecular flexibility index (Phi) is 20.7. The number of nitrogens with one attached hydrogen (secondary N) is 4. The van der Waals surface area contributed by atoms with E-state index in [0.29, 0.717) is 19.3 Å². The van der Waals surface area contributed by atoms with Crippen molar-refractivity contribution in [1.82, 2.24) is 21.3 Å². The largest absolute Gasteiger partial charge is 0.481 e. The van der Waals surface area contributed by atoms with Gasteiger partial charge in [-0.05, 0) is 81.6 Å². The molecule has 0 aromatic carbocycles. The highest BCUT2D eigenvalue weighted by Crippen LogP contribution is 2.12. The molecule has 0 aliphatic carbocycles. The normalized spacial score (nSPS) is 12.1. The number of carboxylic acids is 1. The monoisotopic (exact) mass is 692 g/mol. The fraction of sp³-hybridized carbons (Fsp3) is 0.844. The highest BCUT2D eigenvalue weighted by Gasteiger charge is 2.34. The van der Waals surface area contributed by atoms with Crippen molar-refractivity contribution in [2.75, 3.05) is 59.3 Å². The van der Waals surface area contributed by atoms with Crippen LogP contribution in [-0.2, 0) is 38.0 Å². The van der Waals surface area contributed by atoms with E-state index in [2.05, 4.69) is 21.3 Å².